The Morgan fingerprint density at radius 2 is 1.80 bits per heavy atom. The van der Waals surface area contributed by atoms with E-state index in [4.69, 9.17) is 25.8 Å². The summed E-state index contributed by atoms with van der Waals surface area (Å²) in [4.78, 5) is 44.4. The molecular weight excluding hydrogens is 630 g/mol. The number of benzene rings is 2. The second kappa shape index (κ2) is 13.8. The Morgan fingerprint density at radius 1 is 1.02 bits per heavy atom. The molecule has 1 aliphatic rings. The summed E-state index contributed by atoms with van der Waals surface area (Å²) in [5.74, 6) is -0.457. The number of ether oxygens (including phenoxy) is 4. The number of rotatable bonds is 10. The van der Waals surface area contributed by atoms with Gasteiger partial charge >= 0.3 is 11.9 Å². The molecule has 46 heavy (non-hydrogen) atoms. The van der Waals surface area contributed by atoms with Gasteiger partial charge in [0.2, 0.25) is 0 Å². The van der Waals surface area contributed by atoms with Gasteiger partial charge in [-0.1, -0.05) is 35.1 Å². The van der Waals surface area contributed by atoms with Crippen molar-refractivity contribution >= 4 is 41.0 Å². The molecule has 1 atom stereocenters. The number of carbonyl (C=O) groups excluding carboxylic acids is 2. The van der Waals surface area contributed by atoms with Gasteiger partial charge in [0.1, 0.15) is 0 Å². The number of aryl methyl sites for hydroxylation is 1. The zero-order chi connectivity index (χ0) is 33.1. The topological polar surface area (TPSA) is 110 Å². The molecular formula is C34H34ClN3O7S. The molecule has 0 spiro atoms. The molecule has 1 aliphatic heterocycles. The second-order valence-electron chi connectivity index (χ2n) is 10.4. The molecule has 0 radical (unpaired) electrons. The highest BCUT2D eigenvalue weighted by Crippen LogP contribution is 2.36. The molecule has 0 amide bonds. The molecule has 4 aromatic rings. The van der Waals surface area contributed by atoms with Crippen LogP contribution in [0.3, 0.4) is 0 Å². The van der Waals surface area contributed by atoms with Gasteiger partial charge < -0.3 is 23.5 Å². The van der Waals surface area contributed by atoms with E-state index < -0.39 is 18.0 Å². The first-order chi connectivity index (χ1) is 22.1. The number of carbonyl (C=O) groups is 2. The largest absolute Gasteiger partial charge is 0.490 e. The molecule has 0 saturated heterocycles. The van der Waals surface area contributed by atoms with Crippen LogP contribution in [0.1, 0.15) is 49.3 Å². The summed E-state index contributed by atoms with van der Waals surface area (Å²) in [5, 5.41) is 0.628. The van der Waals surface area contributed by atoms with Gasteiger partial charge in [0.15, 0.2) is 22.9 Å². The maximum absolute atomic E-state index is 14.2. The SMILES string of the molecule is CCOC(=O)C1=C(C)N=c2s/c(=C\c3cc(C)n(-c4cccc(Cl)c4)c3C)c(=O)n2[C@H]1c1ccc(OCC(=O)OC)c(OCC)c1. The normalized spacial score (nSPS) is 14.5. The fourth-order valence-corrected chi connectivity index (χ4v) is 6.69. The zero-order valence-corrected chi connectivity index (χ0v) is 28.0. The fraction of sp³-hybridized carbons (Fsp3) is 0.294. The summed E-state index contributed by atoms with van der Waals surface area (Å²) in [5.41, 5.74) is 4.67. The average Bonchev–Trinajstić information content (AvgIpc) is 3.48. The Labute approximate surface area is 274 Å². The standard InChI is InChI=1S/C34H34ClN3O7S/c1-7-43-27-15-22(12-13-26(27)45-18-29(39)42-6)31-30(33(41)44-8-2)20(4)36-34-38(31)32(40)28(46-34)16-23-14-19(3)37(21(23)5)25-11-9-10-24(35)17-25/h9-17,31H,7-8,18H2,1-6H3/b28-16-/t31-/m0/s1. The fourth-order valence-electron chi connectivity index (χ4n) is 5.47. The molecule has 5 rings (SSSR count). The van der Waals surface area contributed by atoms with Gasteiger partial charge in [0.05, 0.1) is 42.2 Å². The number of hydrogen-bond acceptors (Lipinski definition) is 9. The minimum atomic E-state index is -0.856. The van der Waals surface area contributed by atoms with Gasteiger partial charge in [0.25, 0.3) is 5.56 Å². The molecule has 0 unspecified atom stereocenters. The first-order valence-corrected chi connectivity index (χ1v) is 15.9. The van der Waals surface area contributed by atoms with Crippen LogP contribution < -0.4 is 24.4 Å². The molecule has 240 valence electrons. The van der Waals surface area contributed by atoms with E-state index in [1.165, 1.54) is 23.0 Å². The van der Waals surface area contributed by atoms with E-state index in [0.29, 0.717) is 43.7 Å². The van der Waals surface area contributed by atoms with Gasteiger partial charge in [-0.05, 0) is 88.2 Å². The van der Waals surface area contributed by atoms with Crippen molar-refractivity contribution in [2.24, 2.45) is 4.99 Å². The van der Waals surface area contributed by atoms with Crippen LogP contribution in [0.5, 0.6) is 11.5 Å². The number of fused-ring (bicyclic) bond motifs is 1. The number of aromatic nitrogens is 2. The summed E-state index contributed by atoms with van der Waals surface area (Å²) < 4.78 is 25.7. The predicted octanol–water partition coefficient (Wildman–Crippen LogP) is 4.81. The summed E-state index contributed by atoms with van der Waals surface area (Å²) in [7, 11) is 1.27. The molecule has 0 saturated carbocycles. The quantitative estimate of drug-likeness (QED) is 0.224. The maximum Gasteiger partial charge on any atom is 0.343 e. The van der Waals surface area contributed by atoms with Crippen LogP contribution in [0, 0.1) is 13.8 Å². The van der Waals surface area contributed by atoms with Crippen molar-refractivity contribution < 1.29 is 28.5 Å². The Hall–Kier alpha value is -4.61. The molecule has 0 bridgehead atoms. The van der Waals surface area contributed by atoms with Crippen molar-refractivity contribution in [3.05, 3.63) is 107 Å². The van der Waals surface area contributed by atoms with Crippen molar-refractivity contribution in [3.63, 3.8) is 0 Å². The lowest BCUT2D eigenvalue weighted by atomic mass is 9.95. The minimum Gasteiger partial charge on any atom is -0.490 e. The molecule has 2 aromatic carbocycles. The van der Waals surface area contributed by atoms with Crippen LogP contribution in [0.15, 0.2) is 69.6 Å². The average molecular weight is 664 g/mol. The molecule has 0 fully saturated rings. The highest BCUT2D eigenvalue weighted by molar-refractivity contribution is 7.07. The monoisotopic (exact) mass is 663 g/mol. The van der Waals surface area contributed by atoms with Crippen molar-refractivity contribution in [2.45, 2.75) is 40.7 Å². The maximum atomic E-state index is 14.2. The van der Waals surface area contributed by atoms with Crippen molar-refractivity contribution in [1.82, 2.24) is 9.13 Å². The van der Waals surface area contributed by atoms with Crippen molar-refractivity contribution in [3.8, 4) is 17.2 Å². The van der Waals surface area contributed by atoms with Crippen LogP contribution in [-0.4, -0.2) is 48.0 Å². The lowest BCUT2D eigenvalue weighted by molar-refractivity contribution is -0.143. The van der Waals surface area contributed by atoms with Crippen molar-refractivity contribution in [2.75, 3.05) is 26.9 Å². The van der Waals surface area contributed by atoms with Crippen LogP contribution in [0.4, 0.5) is 0 Å². The molecule has 2 aromatic heterocycles. The van der Waals surface area contributed by atoms with E-state index in [2.05, 4.69) is 14.3 Å². The van der Waals surface area contributed by atoms with E-state index in [-0.39, 0.29) is 24.3 Å². The van der Waals surface area contributed by atoms with Gasteiger partial charge in [-0.3, -0.25) is 9.36 Å². The Balaban J connectivity index is 1.67. The molecule has 3 heterocycles. The zero-order valence-electron chi connectivity index (χ0n) is 26.4. The Kier molecular flexibility index (Phi) is 9.83. The third kappa shape index (κ3) is 6.38. The number of allylic oxidation sites excluding steroid dienone is 1. The van der Waals surface area contributed by atoms with Crippen LogP contribution in [0.2, 0.25) is 5.02 Å². The number of methoxy groups -OCH3 is 1. The minimum absolute atomic E-state index is 0.152. The van der Waals surface area contributed by atoms with Crippen molar-refractivity contribution in [1.29, 1.82) is 0 Å². The lowest BCUT2D eigenvalue weighted by Crippen LogP contribution is -2.40. The number of thiazole rings is 1. The first kappa shape index (κ1) is 32.8. The van der Waals surface area contributed by atoms with Crippen LogP contribution in [-0.2, 0) is 19.1 Å². The number of nitrogens with zero attached hydrogens (tertiary/aromatic N) is 3. The van der Waals surface area contributed by atoms with Crippen LogP contribution >= 0.6 is 22.9 Å². The van der Waals surface area contributed by atoms with E-state index in [1.807, 2.05) is 57.2 Å². The van der Waals surface area contributed by atoms with E-state index in [1.54, 1.807) is 32.0 Å². The summed E-state index contributed by atoms with van der Waals surface area (Å²) in [6.07, 6.45) is 1.85. The van der Waals surface area contributed by atoms with E-state index in [0.717, 1.165) is 22.6 Å². The van der Waals surface area contributed by atoms with E-state index >= 15 is 0 Å². The smallest absolute Gasteiger partial charge is 0.343 e. The molecule has 0 N–H and O–H groups in total. The van der Waals surface area contributed by atoms with Crippen LogP contribution in [0.25, 0.3) is 11.8 Å². The van der Waals surface area contributed by atoms with Gasteiger partial charge in [-0.15, -0.1) is 0 Å². The van der Waals surface area contributed by atoms with Gasteiger partial charge in [0, 0.05) is 22.1 Å². The third-order valence-corrected chi connectivity index (χ3v) is 8.71. The predicted molar refractivity (Wildman–Crippen MR) is 176 cm³/mol. The summed E-state index contributed by atoms with van der Waals surface area (Å²) in [6, 6.07) is 13.8. The number of esters is 2. The summed E-state index contributed by atoms with van der Waals surface area (Å²) >= 11 is 7.51. The van der Waals surface area contributed by atoms with Gasteiger partial charge in [-0.25, -0.2) is 14.6 Å². The van der Waals surface area contributed by atoms with E-state index in [9.17, 15) is 14.4 Å². The third-order valence-electron chi connectivity index (χ3n) is 7.50. The lowest BCUT2D eigenvalue weighted by Gasteiger charge is -2.25. The van der Waals surface area contributed by atoms with Gasteiger partial charge in [-0.2, -0.15) is 0 Å². The molecule has 10 nitrogen and oxygen atoms in total. The number of hydrogen-bond donors (Lipinski definition) is 0. The molecule has 0 aliphatic carbocycles. The second-order valence-corrected chi connectivity index (χ2v) is 11.9. The highest BCUT2D eigenvalue weighted by atomic mass is 35.5. The summed E-state index contributed by atoms with van der Waals surface area (Å²) in [6.45, 7) is 9.41. The Morgan fingerprint density at radius 3 is 2.50 bits per heavy atom. The highest BCUT2D eigenvalue weighted by Gasteiger charge is 2.34. The molecule has 12 heteroatoms. The number of halogens is 1. The Bertz CT molecular complexity index is 2040. The first-order valence-electron chi connectivity index (χ1n) is 14.7.